The summed E-state index contributed by atoms with van der Waals surface area (Å²) in [7, 11) is 0. The van der Waals surface area contributed by atoms with E-state index >= 15 is 0 Å². The number of anilines is 1. The van der Waals surface area contributed by atoms with Crippen molar-refractivity contribution >= 4 is 17.5 Å². The molecule has 7 nitrogen and oxygen atoms in total. The number of nitrogens with zero attached hydrogens (tertiary/aromatic N) is 3. The molecule has 1 aromatic heterocycles. The topological polar surface area (TPSA) is 96.6 Å². The van der Waals surface area contributed by atoms with Crippen LogP contribution in [-0.2, 0) is 0 Å². The lowest BCUT2D eigenvalue weighted by Gasteiger charge is -2.19. The van der Waals surface area contributed by atoms with E-state index in [1.165, 1.54) is 6.07 Å². The van der Waals surface area contributed by atoms with E-state index in [1.54, 1.807) is 0 Å². The molecular weight excluding hydrogens is 262 g/mol. The fourth-order valence-electron chi connectivity index (χ4n) is 2.47. The van der Waals surface area contributed by atoms with Gasteiger partial charge in [-0.05, 0) is 18.3 Å². The molecule has 0 aliphatic carbocycles. The van der Waals surface area contributed by atoms with Crippen LogP contribution >= 0.6 is 0 Å². The number of carboxylic acid groups (broad SMARTS) is 1. The molecule has 2 rings (SSSR count). The van der Waals surface area contributed by atoms with Crippen molar-refractivity contribution in [3.63, 3.8) is 0 Å². The third kappa shape index (κ3) is 2.71. The van der Waals surface area contributed by atoms with Crippen LogP contribution in [0.15, 0.2) is 12.3 Å². The molecule has 0 saturated carbocycles. The molecule has 0 spiro atoms. The summed E-state index contributed by atoms with van der Waals surface area (Å²) in [6.45, 7) is 5.91. The summed E-state index contributed by atoms with van der Waals surface area (Å²) in [5, 5.41) is 19.9. The van der Waals surface area contributed by atoms with Crippen molar-refractivity contribution in [3.8, 4) is 0 Å². The standard InChI is InChI=1S/C13H17N3O4/c1-8(2)9-3-4-15(7-9)12-5-10(13(17)18)11(6-14-12)16(19)20/h5-6,8-9H,3-4,7H2,1-2H3,(H,17,18). The lowest BCUT2D eigenvalue weighted by Crippen LogP contribution is -2.22. The van der Waals surface area contributed by atoms with Crippen molar-refractivity contribution in [1.82, 2.24) is 4.98 Å². The second-order valence-corrected chi connectivity index (χ2v) is 5.36. The zero-order valence-electron chi connectivity index (χ0n) is 11.4. The summed E-state index contributed by atoms with van der Waals surface area (Å²) in [6, 6.07) is 1.29. The second kappa shape index (κ2) is 5.44. The van der Waals surface area contributed by atoms with E-state index in [9.17, 15) is 14.9 Å². The quantitative estimate of drug-likeness (QED) is 0.670. The highest BCUT2D eigenvalue weighted by Gasteiger charge is 2.28. The summed E-state index contributed by atoms with van der Waals surface area (Å²) in [4.78, 5) is 27.2. The molecule has 1 saturated heterocycles. The van der Waals surface area contributed by atoms with Crippen molar-refractivity contribution in [2.24, 2.45) is 11.8 Å². The first-order chi connectivity index (χ1) is 9.40. The molecule has 1 aliphatic heterocycles. The van der Waals surface area contributed by atoms with E-state index in [0.29, 0.717) is 17.7 Å². The minimum absolute atomic E-state index is 0.312. The predicted molar refractivity (Wildman–Crippen MR) is 73.0 cm³/mol. The normalized spacial score (nSPS) is 18.6. The molecule has 1 aliphatic rings. The fraction of sp³-hybridized carbons (Fsp3) is 0.538. The second-order valence-electron chi connectivity index (χ2n) is 5.36. The number of rotatable bonds is 4. The average molecular weight is 279 g/mol. The Morgan fingerprint density at radius 1 is 1.60 bits per heavy atom. The number of aromatic nitrogens is 1. The van der Waals surface area contributed by atoms with Crippen molar-refractivity contribution in [3.05, 3.63) is 27.9 Å². The summed E-state index contributed by atoms with van der Waals surface area (Å²) >= 11 is 0. The van der Waals surface area contributed by atoms with Gasteiger partial charge in [0.15, 0.2) is 0 Å². The number of nitro groups is 1. The Labute approximate surface area is 116 Å². The van der Waals surface area contributed by atoms with Gasteiger partial charge in [0.2, 0.25) is 0 Å². The molecule has 2 heterocycles. The van der Waals surface area contributed by atoms with E-state index in [2.05, 4.69) is 18.8 Å². The van der Waals surface area contributed by atoms with Crippen LogP contribution in [0, 0.1) is 22.0 Å². The van der Waals surface area contributed by atoms with Crippen LogP contribution in [0.1, 0.15) is 30.6 Å². The summed E-state index contributed by atoms with van der Waals surface area (Å²) in [5.41, 5.74) is -0.783. The molecule has 1 fully saturated rings. The molecule has 0 aromatic carbocycles. The van der Waals surface area contributed by atoms with Gasteiger partial charge in [0.1, 0.15) is 17.6 Å². The van der Waals surface area contributed by atoms with Crippen molar-refractivity contribution in [2.75, 3.05) is 18.0 Å². The van der Waals surface area contributed by atoms with Crippen LogP contribution in [0.25, 0.3) is 0 Å². The highest BCUT2D eigenvalue weighted by Crippen LogP contribution is 2.29. The van der Waals surface area contributed by atoms with Gasteiger partial charge in [0, 0.05) is 19.2 Å². The Bertz CT molecular complexity index is 544. The molecule has 1 unspecified atom stereocenters. The Kier molecular flexibility index (Phi) is 3.87. The fourth-order valence-corrected chi connectivity index (χ4v) is 2.47. The minimum Gasteiger partial charge on any atom is -0.477 e. The third-order valence-corrected chi connectivity index (χ3v) is 3.79. The van der Waals surface area contributed by atoms with E-state index in [-0.39, 0.29) is 5.56 Å². The molecule has 108 valence electrons. The Morgan fingerprint density at radius 3 is 2.80 bits per heavy atom. The SMILES string of the molecule is CC(C)C1CCN(c2cc(C(=O)O)c([N+](=O)[O-])cn2)C1. The zero-order valence-corrected chi connectivity index (χ0v) is 11.4. The summed E-state index contributed by atoms with van der Waals surface area (Å²) < 4.78 is 0. The molecule has 1 N–H and O–H groups in total. The maximum Gasteiger partial charge on any atom is 0.342 e. The predicted octanol–water partition coefficient (Wildman–Crippen LogP) is 2.17. The zero-order chi connectivity index (χ0) is 14.9. The molecule has 0 amide bonds. The van der Waals surface area contributed by atoms with Gasteiger partial charge in [-0.2, -0.15) is 0 Å². The highest BCUT2D eigenvalue weighted by molar-refractivity contribution is 5.93. The maximum atomic E-state index is 11.1. The molecule has 1 atom stereocenters. The van der Waals surface area contributed by atoms with Crippen LogP contribution in [-0.4, -0.2) is 34.1 Å². The van der Waals surface area contributed by atoms with Crippen molar-refractivity contribution in [2.45, 2.75) is 20.3 Å². The lowest BCUT2D eigenvalue weighted by molar-refractivity contribution is -0.385. The van der Waals surface area contributed by atoms with Crippen molar-refractivity contribution < 1.29 is 14.8 Å². The average Bonchev–Trinajstić information content (AvgIpc) is 2.87. The Balaban J connectivity index is 2.28. The summed E-state index contributed by atoms with van der Waals surface area (Å²) in [6.07, 6.45) is 2.06. The third-order valence-electron chi connectivity index (χ3n) is 3.79. The number of aromatic carboxylic acids is 1. The molecule has 7 heteroatoms. The largest absolute Gasteiger partial charge is 0.477 e. The number of hydrogen-bond acceptors (Lipinski definition) is 5. The van der Waals surface area contributed by atoms with E-state index in [0.717, 1.165) is 25.7 Å². The maximum absolute atomic E-state index is 11.1. The first kappa shape index (κ1) is 14.2. The smallest absolute Gasteiger partial charge is 0.342 e. The molecular formula is C13H17N3O4. The van der Waals surface area contributed by atoms with E-state index in [1.807, 2.05) is 4.90 Å². The molecule has 0 radical (unpaired) electrons. The highest BCUT2D eigenvalue weighted by atomic mass is 16.6. The van der Waals surface area contributed by atoms with E-state index in [4.69, 9.17) is 5.11 Å². The van der Waals surface area contributed by atoms with Crippen LogP contribution < -0.4 is 4.90 Å². The van der Waals surface area contributed by atoms with Gasteiger partial charge in [-0.3, -0.25) is 10.1 Å². The molecule has 0 bridgehead atoms. The van der Waals surface area contributed by atoms with Gasteiger partial charge in [0.25, 0.3) is 0 Å². The number of carboxylic acids is 1. The van der Waals surface area contributed by atoms with Gasteiger partial charge in [-0.15, -0.1) is 0 Å². The lowest BCUT2D eigenvalue weighted by atomic mass is 9.95. The van der Waals surface area contributed by atoms with Gasteiger partial charge in [-0.25, -0.2) is 9.78 Å². The van der Waals surface area contributed by atoms with Gasteiger partial charge >= 0.3 is 11.7 Å². The summed E-state index contributed by atoms with van der Waals surface area (Å²) in [5.74, 6) is 0.286. The number of carbonyl (C=O) groups is 1. The van der Waals surface area contributed by atoms with Crippen LogP contribution in [0.5, 0.6) is 0 Å². The Morgan fingerprint density at radius 2 is 2.30 bits per heavy atom. The molecule has 1 aromatic rings. The first-order valence-corrected chi connectivity index (χ1v) is 6.52. The van der Waals surface area contributed by atoms with Crippen LogP contribution in [0.3, 0.4) is 0 Å². The van der Waals surface area contributed by atoms with Crippen LogP contribution in [0.2, 0.25) is 0 Å². The molecule has 20 heavy (non-hydrogen) atoms. The van der Waals surface area contributed by atoms with Crippen molar-refractivity contribution in [1.29, 1.82) is 0 Å². The van der Waals surface area contributed by atoms with Crippen LogP contribution in [0.4, 0.5) is 11.5 Å². The first-order valence-electron chi connectivity index (χ1n) is 6.52. The van der Waals surface area contributed by atoms with Gasteiger partial charge < -0.3 is 10.0 Å². The number of hydrogen-bond donors (Lipinski definition) is 1. The van der Waals surface area contributed by atoms with Gasteiger partial charge in [0.05, 0.1) is 4.92 Å². The monoisotopic (exact) mass is 279 g/mol. The van der Waals surface area contributed by atoms with E-state index < -0.39 is 16.6 Å². The Hall–Kier alpha value is -2.18. The van der Waals surface area contributed by atoms with Gasteiger partial charge in [-0.1, -0.05) is 13.8 Å². The minimum atomic E-state index is -1.31. The number of pyridine rings is 1.